The molecule has 270 valence electrons. The van der Waals surface area contributed by atoms with E-state index in [2.05, 4.69) is 206 Å². The van der Waals surface area contributed by atoms with Gasteiger partial charge >= 0.3 is 0 Å². The Hall–Kier alpha value is -7.68. The van der Waals surface area contributed by atoms with E-state index in [-0.39, 0.29) is 0 Å². The molecule has 0 saturated carbocycles. The molecule has 0 N–H and O–H groups in total. The highest BCUT2D eigenvalue weighted by Gasteiger charge is 2.22. The fraction of sp³-hybridized carbons (Fsp3) is 0. The molecule has 2 aromatic heterocycles. The normalized spacial score (nSPS) is 11.8. The van der Waals surface area contributed by atoms with Gasteiger partial charge in [-0.15, -0.1) is 0 Å². The summed E-state index contributed by atoms with van der Waals surface area (Å²) < 4.78 is 13.5. The lowest BCUT2D eigenvalue weighted by atomic mass is 9.84. The quantitative estimate of drug-likeness (QED) is 0.164. The van der Waals surface area contributed by atoms with E-state index < -0.39 is 0 Å². The molecule has 12 rings (SSSR count). The highest BCUT2D eigenvalue weighted by molar-refractivity contribution is 6.26. The van der Waals surface area contributed by atoms with Gasteiger partial charge in [0, 0.05) is 38.7 Å². The van der Waals surface area contributed by atoms with Crippen molar-refractivity contribution >= 4 is 65.4 Å². The highest BCUT2D eigenvalue weighted by atomic mass is 16.3. The van der Waals surface area contributed by atoms with Gasteiger partial charge < -0.3 is 8.83 Å². The molecular formula is C56H34O2. The Morgan fingerprint density at radius 2 is 0.793 bits per heavy atom. The molecule has 10 aromatic carbocycles. The monoisotopic (exact) mass is 738 g/mol. The second-order valence-corrected chi connectivity index (χ2v) is 15.1. The molecule has 0 radical (unpaired) electrons. The second kappa shape index (κ2) is 12.9. The molecule has 58 heavy (non-hydrogen) atoms. The molecule has 0 aliphatic rings. The molecule has 2 heterocycles. The SMILES string of the molecule is c1ccc(-c2cccc(-c3c4ccccc4c(-c4cccc5c4oc4cc6oc7cccc(-c8ccccc8)c7c6cc45)c4cc(-c5ccccc5)ccc34)c2)cc1. The third-order valence-electron chi connectivity index (χ3n) is 11.9. The Kier molecular flexibility index (Phi) is 7.26. The lowest BCUT2D eigenvalue weighted by Crippen LogP contribution is -1.92. The average molecular weight is 739 g/mol. The first kappa shape index (κ1) is 32.6. The molecule has 0 aliphatic heterocycles. The largest absolute Gasteiger partial charge is 0.456 e. The van der Waals surface area contributed by atoms with Gasteiger partial charge in [-0.2, -0.15) is 0 Å². The van der Waals surface area contributed by atoms with Crippen LogP contribution < -0.4 is 0 Å². The lowest BCUT2D eigenvalue weighted by molar-refractivity contribution is 0.657. The summed E-state index contributed by atoms with van der Waals surface area (Å²) in [6, 6.07) is 73.9. The van der Waals surface area contributed by atoms with Crippen LogP contribution in [0.2, 0.25) is 0 Å². The third kappa shape index (κ3) is 5.05. The van der Waals surface area contributed by atoms with Crippen LogP contribution in [0.4, 0.5) is 0 Å². The number of rotatable bonds is 5. The number of para-hydroxylation sites is 1. The van der Waals surface area contributed by atoms with Crippen molar-refractivity contribution in [3.8, 4) is 55.6 Å². The highest BCUT2D eigenvalue weighted by Crippen LogP contribution is 2.48. The van der Waals surface area contributed by atoms with Crippen molar-refractivity contribution in [1.29, 1.82) is 0 Å². The summed E-state index contributed by atoms with van der Waals surface area (Å²) in [4.78, 5) is 0. The van der Waals surface area contributed by atoms with Gasteiger partial charge in [0.15, 0.2) is 0 Å². The fourth-order valence-corrected chi connectivity index (χ4v) is 9.25. The first-order valence-corrected chi connectivity index (χ1v) is 19.8. The Morgan fingerprint density at radius 3 is 1.55 bits per heavy atom. The van der Waals surface area contributed by atoms with Gasteiger partial charge in [0.2, 0.25) is 0 Å². The summed E-state index contributed by atoms with van der Waals surface area (Å²) in [5.74, 6) is 0. The Labute approximate surface area is 334 Å². The van der Waals surface area contributed by atoms with Crippen molar-refractivity contribution in [3.63, 3.8) is 0 Å². The van der Waals surface area contributed by atoms with E-state index in [4.69, 9.17) is 8.83 Å². The van der Waals surface area contributed by atoms with Crippen molar-refractivity contribution < 1.29 is 8.83 Å². The first-order chi connectivity index (χ1) is 28.8. The second-order valence-electron chi connectivity index (χ2n) is 15.1. The smallest absolute Gasteiger partial charge is 0.143 e. The molecule has 0 saturated heterocycles. The van der Waals surface area contributed by atoms with Gasteiger partial charge in [-0.3, -0.25) is 0 Å². The Morgan fingerprint density at radius 1 is 0.241 bits per heavy atom. The lowest BCUT2D eigenvalue weighted by Gasteiger charge is -2.19. The molecule has 0 unspecified atom stereocenters. The standard InChI is InChI=1S/C56H34O2/c1-4-15-35(16-5-1)38-21-12-22-40(31-38)53-42-23-10-11-24-43(42)54(48-32-39(29-30-44(48)53)36-17-6-2-7-18-36)46-27-13-26-45-47-33-49-52(34-51(47)58-56(45)46)57-50-28-14-25-41(55(49)50)37-19-8-3-9-20-37/h1-34H. The molecule has 2 nitrogen and oxygen atoms in total. The van der Waals surface area contributed by atoms with Gasteiger partial charge in [-0.05, 0) is 90.3 Å². The zero-order chi connectivity index (χ0) is 38.2. The van der Waals surface area contributed by atoms with E-state index in [1.807, 2.05) is 0 Å². The average Bonchev–Trinajstić information content (AvgIpc) is 3.85. The van der Waals surface area contributed by atoms with Gasteiger partial charge in [-0.1, -0.05) is 176 Å². The minimum Gasteiger partial charge on any atom is -0.456 e. The van der Waals surface area contributed by atoms with Crippen LogP contribution in [0.5, 0.6) is 0 Å². The maximum atomic E-state index is 6.99. The van der Waals surface area contributed by atoms with E-state index >= 15 is 0 Å². The van der Waals surface area contributed by atoms with E-state index in [1.165, 1.54) is 60.5 Å². The minimum absolute atomic E-state index is 0.809. The molecule has 2 heteroatoms. The van der Waals surface area contributed by atoms with Crippen molar-refractivity contribution in [1.82, 2.24) is 0 Å². The van der Waals surface area contributed by atoms with Crippen molar-refractivity contribution in [3.05, 3.63) is 206 Å². The molecule has 0 bridgehead atoms. The predicted octanol–water partition coefficient (Wildman–Crippen LogP) is 16.1. The number of fused-ring (bicyclic) bond motifs is 8. The van der Waals surface area contributed by atoms with Crippen LogP contribution in [0.3, 0.4) is 0 Å². The zero-order valence-electron chi connectivity index (χ0n) is 31.4. The Balaban J connectivity index is 1.15. The van der Waals surface area contributed by atoms with E-state index in [0.717, 1.165) is 60.6 Å². The molecule has 0 amide bonds. The Bertz CT molecular complexity index is 3540. The first-order valence-electron chi connectivity index (χ1n) is 19.8. The summed E-state index contributed by atoms with van der Waals surface area (Å²) in [6.45, 7) is 0. The molecule has 0 fully saturated rings. The summed E-state index contributed by atoms with van der Waals surface area (Å²) in [7, 11) is 0. The third-order valence-corrected chi connectivity index (χ3v) is 11.9. The molecule has 0 spiro atoms. The van der Waals surface area contributed by atoms with Crippen LogP contribution in [0, 0.1) is 0 Å². The van der Waals surface area contributed by atoms with Gasteiger partial charge in [0.25, 0.3) is 0 Å². The zero-order valence-corrected chi connectivity index (χ0v) is 31.4. The molecule has 0 atom stereocenters. The van der Waals surface area contributed by atoms with Crippen LogP contribution in [0.1, 0.15) is 0 Å². The number of benzene rings is 10. The van der Waals surface area contributed by atoms with Crippen LogP contribution in [-0.4, -0.2) is 0 Å². The van der Waals surface area contributed by atoms with Crippen molar-refractivity contribution in [2.24, 2.45) is 0 Å². The van der Waals surface area contributed by atoms with E-state index in [0.29, 0.717) is 0 Å². The van der Waals surface area contributed by atoms with Gasteiger partial charge in [0.1, 0.15) is 22.3 Å². The summed E-state index contributed by atoms with van der Waals surface area (Å²) in [5, 5.41) is 9.12. The fourth-order valence-electron chi connectivity index (χ4n) is 9.25. The summed E-state index contributed by atoms with van der Waals surface area (Å²) in [6.07, 6.45) is 0. The number of hydrogen-bond acceptors (Lipinski definition) is 2. The maximum Gasteiger partial charge on any atom is 0.143 e. The van der Waals surface area contributed by atoms with Crippen molar-refractivity contribution in [2.75, 3.05) is 0 Å². The number of hydrogen-bond donors (Lipinski definition) is 0. The molecular weight excluding hydrogens is 705 g/mol. The number of furan rings is 2. The summed E-state index contributed by atoms with van der Waals surface area (Å²) in [5.41, 5.74) is 15.1. The van der Waals surface area contributed by atoms with Crippen LogP contribution in [-0.2, 0) is 0 Å². The van der Waals surface area contributed by atoms with Crippen LogP contribution in [0.25, 0.3) is 121 Å². The maximum absolute atomic E-state index is 6.99. The van der Waals surface area contributed by atoms with Crippen LogP contribution in [0.15, 0.2) is 215 Å². The minimum atomic E-state index is 0.809. The van der Waals surface area contributed by atoms with Crippen molar-refractivity contribution in [2.45, 2.75) is 0 Å². The molecule has 12 aromatic rings. The molecule has 0 aliphatic carbocycles. The topological polar surface area (TPSA) is 26.3 Å². The van der Waals surface area contributed by atoms with E-state index in [1.54, 1.807) is 0 Å². The van der Waals surface area contributed by atoms with E-state index in [9.17, 15) is 0 Å². The predicted molar refractivity (Wildman–Crippen MR) is 243 cm³/mol. The summed E-state index contributed by atoms with van der Waals surface area (Å²) >= 11 is 0. The van der Waals surface area contributed by atoms with Gasteiger partial charge in [-0.25, -0.2) is 0 Å². The van der Waals surface area contributed by atoms with Crippen LogP contribution >= 0.6 is 0 Å². The van der Waals surface area contributed by atoms with Gasteiger partial charge in [0.05, 0.1) is 0 Å².